The number of aromatic amines is 1. The van der Waals surface area contributed by atoms with Crippen molar-refractivity contribution in [3.05, 3.63) is 47.5 Å². The van der Waals surface area contributed by atoms with Gasteiger partial charge in [-0.25, -0.2) is 4.98 Å². The lowest BCUT2D eigenvalue weighted by atomic mass is 10.2. The van der Waals surface area contributed by atoms with Crippen molar-refractivity contribution < 1.29 is 4.79 Å². The minimum Gasteiger partial charge on any atom is -0.322 e. The van der Waals surface area contributed by atoms with Gasteiger partial charge in [0.2, 0.25) is 0 Å². The fraction of sp³-hybridized carbons (Fsp3) is 0. The Morgan fingerprint density at radius 1 is 1.14 bits per heavy atom. The molecule has 7 heteroatoms. The molecule has 0 aliphatic rings. The smallest absolute Gasteiger partial charge is 0.255 e. The fourth-order valence-corrected chi connectivity index (χ4v) is 2.84. The Hall–Kier alpha value is -2.80. The van der Waals surface area contributed by atoms with Crippen LogP contribution >= 0.6 is 11.3 Å². The van der Waals surface area contributed by atoms with Crippen LogP contribution in [-0.4, -0.2) is 26.3 Å². The molecular weight excluding hydrogens is 286 g/mol. The molecule has 0 radical (unpaired) electrons. The van der Waals surface area contributed by atoms with Gasteiger partial charge in [0.25, 0.3) is 5.91 Å². The third kappa shape index (κ3) is 2.13. The number of hydrogen-bond donors (Lipinski definition) is 2. The summed E-state index contributed by atoms with van der Waals surface area (Å²) >= 11 is 1.51. The standard InChI is InChI=1S/C14H9N5OS/c20-14(8-1-3-11-13(5-8)21-7-15-11)16-9-2-4-10-12(6-9)18-19-17-10/h1-7H,(H,16,20)(H,17,18,19). The Balaban J connectivity index is 1.64. The van der Waals surface area contributed by atoms with Crippen molar-refractivity contribution in [2.45, 2.75) is 0 Å². The summed E-state index contributed by atoms with van der Waals surface area (Å²) in [7, 11) is 0. The molecule has 0 saturated heterocycles. The fourth-order valence-electron chi connectivity index (χ4n) is 2.12. The summed E-state index contributed by atoms with van der Waals surface area (Å²) < 4.78 is 0.995. The zero-order chi connectivity index (χ0) is 14.2. The average molecular weight is 295 g/mol. The van der Waals surface area contributed by atoms with Gasteiger partial charge >= 0.3 is 0 Å². The molecule has 0 aliphatic heterocycles. The number of rotatable bonds is 2. The number of aromatic nitrogens is 4. The minimum absolute atomic E-state index is 0.159. The molecule has 2 aromatic heterocycles. The van der Waals surface area contributed by atoms with Gasteiger partial charge < -0.3 is 5.32 Å². The first-order valence-corrected chi connectivity index (χ1v) is 7.13. The van der Waals surface area contributed by atoms with Gasteiger partial charge in [0.15, 0.2) is 0 Å². The number of carbonyl (C=O) groups excluding carboxylic acids is 1. The van der Waals surface area contributed by atoms with Gasteiger partial charge in [-0.1, -0.05) is 5.21 Å². The van der Waals surface area contributed by atoms with Gasteiger partial charge in [-0.2, -0.15) is 0 Å². The van der Waals surface area contributed by atoms with Crippen molar-refractivity contribution in [2.75, 3.05) is 5.32 Å². The molecule has 0 fully saturated rings. The molecule has 2 N–H and O–H groups in total. The number of amides is 1. The molecule has 0 aliphatic carbocycles. The van der Waals surface area contributed by atoms with Crippen molar-refractivity contribution in [1.29, 1.82) is 0 Å². The maximum Gasteiger partial charge on any atom is 0.255 e. The Labute approximate surface area is 122 Å². The van der Waals surface area contributed by atoms with E-state index in [2.05, 4.69) is 25.7 Å². The van der Waals surface area contributed by atoms with E-state index in [1.54, 1.807) is 17.6 Å². The van der Waals surface area contributed by atoms with Crippen LogP contribution in [0.3, 0.4) is 0 Å². The van der Waals surface area contributed by atoms with Crippen LogP contribution < -0.4 is 5.32 Å². The number of fused-ring (bicyclic) bond motifs is 2. The highest BCUT2D eigenvalue weighted by Gasteiger charge is 2.09. The van der Waals surface area contributed by atoms with E-state index in [1.807, 2.05) is 24.3 Å². The molecule has 4 aromatic rings. The molecule has 21 heavy (non-hydrogen) atoms. The van der Waals surface area contributed by atoms with Crippen molar-refractivity contribution in [1.82, 2.24) is 20.4 Å². The Morgan fingerprint density at radius 2 is 2.10 bits per heavy atom. The van der Waals surface area contributed by atoms with Crippen LogP contribution in [0.1, 0.15) is 10.4 Å². The van der Waals surface area contributed by atoms with E-state index < -0.39 is 0 Å². The van der Waals surface area contributed by atoms with E-state index in [4.69, 9.17) is 0 Å². The van der Waals surface area contributed by atoms with E-state index in [-0.39, 0.29) is 5.91 Å². The number of benzene rings is 2. The Morgan fingerprint density at radius 3 is 3.05 bits per heavy atom. The molecule has 2 heterocycles. The third-order valence-electron chi connectivity index (χ3n) is 3.18. The van der Waals surface area contributed by atoms with Gasteiger partial charge in [-0.15, -0.1) is 16.4 Å². The normalized spacial score (nSPS) is 11.0. The van der Waals surface area contributed by atoms with Crippen LogP contribution in [0.25, 0.3) is 21.3 Å². The number of anilines is 1. The molecule has 0 spiro atoms. The SMILES string of the molecule is O=C(Nc1ccc2[nH]nnc2c1)c1ccc2ncsc2c1. The lowest BCUT2D eigenvalue weighted by Crippen LogP contribution is -2.11. The van der Waals surface area contributed by atoms with Gasteiger partial charge in [0, 0.05) is 11.3 Å². The van der Waals surface area contributed by atoms with E-state index in [0.29, 0.717) is 16.8 Å². The predicted octanol–water partition coefficient (Wildman–Crippen LogP) is 2.82. The second-order valence-corrected chi connectivity index (χ2v) is 5.42. The highest BCUT2D eigenvalue weighted by molar-refractivity contribution is 7.16. The highest BCUT2D eigenvalue weighted by Crippen LogP contribution is 2.20. The number of hydrogen-bond acceptors (Lipinski definition) is 5. The summed E-state index contributed by atoms with van der Waals surface area (Å²) in [5.74, 6) is -0.159. The molecule has 2 aromatic carbocycles. The number of H-pyrrole nitrogens is 1. The average Bonchev–Trinajstić information content (AvgIpc) is 3.14. The topological polar surface area (TPSA) is 83.6 Å². The largest absolute Gasteiger partial charge is 0.322 e. The van der Waals surface area contributed by atoms with E-state index in [1.165, 1.54) is 11.3 Å². The molecule has 0 bridgehead atoms. The molecular formula is C14H9N5OS. The summed E-state index contributed by atoms with van der Waals surface area (Å²) in [5, 5.41) is 13.3. The molecule has 1 amide bonds. The van der Waals surface area contributed by atoms with E-state index in [9.17, 15) is 4.79 Å². The van der Waals surface area contributed by atoms with Gasteiger partial charge in [0.1, 0.15) is 5.52 Å². The Bertz CT molecular complexity index is 958. The van der Waals surface area contributed by atoms with Crippen molar-refractivity contribution in [2.24, 2.45) is 0 Å². The molecule has 0 saturated carbocycles. The maximum absolute atomic E-state index is 12.3. The second-order valence-electron chi connectivity index (χ2n) is 4.53. The van der Waals surface area contributed by atoms with E-state index in [0.717, 1.165) is 15.7 Å². The molecule has 0 unspecified atom stereocenters. The zero-order valence-electron chi connectivity index (χ0n) is 10.7. The first-order valence-electron chi connectivity index (χ1n) is 6.25. The molecule has 6 nitrogen and oxygen atoms in total. The summed E-state index contributed by atoms with van der Waals surface area (Å²) in [6.45, 7) is 0. The predicted molar refractivity (Wildman–Crippen MR) is 81.5 cm³/mol. The minimum atomic E-state index is -0.159. The van der Waals surface area contributed by atoms with Crippen LogP contribution in [0.5, 0.6) is 0 Å². The van der Waals surface area contributed by atoms with Gasteiger partial charge in [-0.05, 0) is 36.4 Å². The summed E-state index contributed by atoms with van der Waals surface area (Å²) in [4.78, 5) is 16.5. The third-order valence-corrected chi connectivity index (χ3v) is 3.97. The molecule has 0 atom stereocenters. The van der Waals surface area contributed by atoms with Crippen LogP contribution in [0.15, 0.2) is 41.9 Å². The number of nitrogens with one attached hydrogen (secondary N) is 2. The first kappa shape index (κ1) is 12.0. The lowest BCUT2D eigenvalue weighted by molar-refractivity contribution is 0.102. The summed E-state index contributed by atoms with van der Waals surface area (Å²) in [5.41, 5.74) is 5.51. The quantitative estimate of drug-likeness (QED) is 0.595. The van der Waals surface area contributed by atoms with Crippen LogP contribution in [0, 0.1) is 0 Å². The highest BCUT2D eigenvalue weighted by atomic mass is 32.1. The first-order chi connectivity index (χ1) is 10.3. The van der Waals surface area contributed by atoms with Crippen LogP contribution in [0.4, 0.5) is 5.69 Å². The zero-order valence-corrected chi connectivity index (χ0v) is 11.5. The van der Waals surface area contributed by atoms with Gasteiger partial charge in [0.05, 0.1) is 21.2 Å². The number of nitrogens with zero attached hydrogens (tertiary/aromatic N) is 3. The number of carbonyl (C=O) groups is 1. The van der Waals surface area contributed by atoms with E-state index >= 15 is 0 Å². The lowest BCUT2D eigenvalue weighted by Gasteiger charge is -2.05. The van der Waals surface area contributed by atoms with Crippen molar-refractivity contribution in [3.63, 3.8) is 0 Å². The molecule has 4 rings (SSSR count). The van der Waals surface area contributed by atoms with Crippen molar-refractivity contribution >= 4 is 44.2 Å². The Kier molecular flexibility index (Phi) is 2.65. The monoisotopic (exact) mass is 295 g/mol. The van der Waals surface area contributed by atoms with Gasteiger partial charge in [-0.3, -0.25) is 9.89 Å². The summed E-state index contributed by atoms with van der Waals surface area (Å²) in [6.07, 6.45) is 0. The van der Waals surface area contributed by atoms with Crippen molar-refractivity contribution in [3.8, 4) is 0 Å². The molecule has 102 valence electrons. The van der Waals surface area contributed by atoms with Crippen LogP contribution in [0.2, 0.25) is 0 Å². The van der Waals surface area contributed by atoms with Crippen LogP contribution in [-0.2, 0) is 0 Å². The number of thiazole rings is 1. The maximum atomic E-state index is 12.3. The second kappa shape index (κ2) is 4.64. The summed E-state index contributed by atoms with van der Waals surface area (Å²) in [6, 6.07) is 10.9.